The van der Waals surface area contributed by atoms with Gasteiger partial charge >= 0.3 is 6.18 Å². The van der Waals surface area contributed by atoms with Crippen LogP contribution < -0.4 is 4.90 Å². The first kappa shape index (κ1) is 25.3. The Hall–Kier alpha value is -3.76. The fourth-order valence-electron chi connectivity index (χ4n) is 4.57. The van der Waals surface area contributed by atoms with Crippen LogP contribution in [0.25, 0.3) is 0 Å². The summed E-state index contributed by atoms with van der Waals surface area (Å²) in [5.41, 5.74) is -0.541. The Bertz CT molecular complexity index is 1210. The Kier molecular flexibility index (Phi) is 7.09. The Morgan fingerprint density at radius 2 is 1.75 bits per heavy atom. The molecule has 8 nitrogen and oxygen atoms in total. The van der Waals surface area contributed by atoms with Gasteiger partial charge in [-0.25, -0.2) is 19.9 Å². The van der Waals surface area contributed by atoms with Crippen molar-refractivity contribution in [2.24, 2.45) is 0 Å². The molecule has 0 saturated carbocycles. The molecular formula is C25H27F3N6O2. The minimum absolute atomic E-state index is 0.00965. The smallest absolute Gasteiger partial charge is 0.433 e. The molecule has 0 aliphatic carbocycles. The number of halogens is 3. The predicted octanol–water partition coefficient (Wildman–Crippen LogP) is 4.06. The standard InChI is InChI=1S/C25H27F3N6O2/c1-3-33(4-2)21(36)17-15-30-22(31-16-17)24(18-6-5-7-19(35)14-18)9-12-34(13-10-24)23-29-11-8-20(32-23)25(26,27)28/h5-8,11,14-16,35H,3-4,9-10,12-13H2,1-2H3. The average molecular weight is 501 g/mol. The molecule has 0 atom stereocenters. The molecule has 1 aromatic carbocycles. The number of hydrogen-bond donors (Lipinski definition) is 1. The van der Waals surface area contributed by atoms with Crippen LogP contribution >= 0.6 is 0 Å². The lowest BCUT2D eigenvalue weighted by molar-refractivity contribution is -0.141. The first-order chi connectivity index (χ1) is 17.2. The van der Waals surface area contributed by atoms with Gasteiger partial charge in [0.25, 0.3) is 5.91 Å². The van der Waals surface area contributed by atoms with Crippen LogP contribution in [0.15, 0.2) is 48.9 Å². The number of carbonyl (C=O) groups excluding carboxylic acids is 1. The van der Waals surface area contributed by atoms with Gasteiger partial charge in [-0.1, -0.05) is 12.1 Å². The summed E-state index contributed by atoms with van der Waals surface area (Å²) in [7, 11) is 0. The van der Waals surface area contributed by atoms with Gasteiger partial charge in [0.1, 0.15) is 17.3 Å². The highest BCUT2D eigenvalue weighted by atomic mass is 19.4. The number of aromatic hydroxyl groups is 1. The molecule has 1 aliphatic heterocycles. The van der Waals surface area contributed by atoms with Crippen molar-refractivity contribution in [3.8, 4) is 5.75 Å². The van der Waals surface area contributed by atoms with Gasteiger partial charge in [0, 0.05) is 44.8 Å². The molecule has 3 aromatic rings. The largest absolute Gasteiger partial charge is 0.508 e. The van der Waals surface area contributed by atoms with E-state index in [1.165, 1.54) is 12.4 Å². The van der Waals surface area contributed by atoms with Gasteiger partial charge in [-0.2, -0.15) is 13.2 Å². The first-order valence-electron chi connectivity index (χ1n) is 11.7. The Balaban J connectivity index is 1.65. The molecule has 1 N–H and O–H groups in total. The Morgan fingerprint density at radius 3 is 2.33 bits per heavy atom. The lowest BCUT2D eigenvalue weighted by Gasteiger charge is -2.41. The van der Waals surface area contributed by atoms with Crippen molar-refractivity contribution in [2.75, 3.05) is 31.1 Å². The fourth-order valence-corrected chi connectivity index (χ4v) is 4.57. The molecule has 11 heteroatoms. The van der Waals surface area contributed by atoms with E-state index in [1.54, 1.807) is 28.0 Å². The molecule has 1 aliphatic rings. The van der Waals surface area contributed by atoms with Gasteiger partial charge in [0.05, 0.1) is 11.0 Å². The second-order valence-electron chi connectivity index (χ2n) is 8.63. The maximum Gasteiger partial charge on any atom is 0.433 e. The van der Waals surface area contributed by atoms with E-state index >= 15 is 0 Å². The van der Waals surface area contributed by atoms with Crippen LogP contribution in [0.2, 0.25) is 0 Å². The van der Waals surface area contributed by atoms with Gasteiger partial charge in [-0.05, 0) is 50.5 Å². The summed E-state index contributed by atoms with van der Waals surface area (Å²) in [5.74, 6) is 0.419. The number of alkyl halides is 3. The molecule has 0 radical (unpaired) electrons. The van der Waals surface area contributed by atoms with Gasteiger partial charge in [0.15, 0.2) is 0 Å². The number of hydrogen-bond acceptors (Lipinski definition) is 7. The quantitative estimate of drug-likeness (QED) is 0.545. The lowest BCUT2D eigenvalue weighted by atomic mass is 9.72. The maximum absolute atomic E-state index is 13.1. The summed E-state index contributed by atoms with van der Waals surface area (Å²) in [4.78, 5) is 33.0. The lowest BCUT2D eigenvalue weighted by Crippen LogP contribution is -2.45. The Morgan fingerprint density at radius 1 is 1.08 bits per heavy atom. The van der Waals surface area contributed by atoms with Crippen LogP contribution in [0, 0.1) is 0 Å². The van der Waals surface area contributed by atoms with Crippen LogP contribution in [0.3, 0.4) is 0 Å². The second-order valence-corrected chi connectivity index (χ2v) is 8.63. The second kappa shape index (κ2) is 10.1. The third-order valence-corrected chi connectivity index (χ3v) is 6.61. The van der Waals surface area contributed by atoms with Crippen LogP contribution in [-0.2, 0) is 11.6 Å². The molecule has 2 aromatic heterocycles. The molecular weight excluding hydrogens is 473 g/mol. The van der Waals surface area contributed by atoms with Crippen molar-refractivity contribution >= 4 is 11.9 Å². The van der Waals surface area contributed by atoms with E-state index < -0.39 is 17.3 Å². The number of piperidine rings is 1. The van der Waals surface area contributed by atoms with E-state index in [4.69, 9.17) is 0 Å². The number of aromatic nitrogens is 4. The molecule has 0 unspecified atom stereocenters. The molecule has 190 valence electrons. The van der Waals surface area contributed by atoms with Gasteiger partial charge in [-0.3, -0.25) is 4.79 Å². The summed E-state index contributed by atoms with van der Waals surface area (Å²) in [6, 6.07) is 7.66. The zero-order valence-electron chi connectivity index (χ0n) is 20.0. The van der Waals surface area contributed by atoms with Crippen molar-refractivity contribution in [2.45, 2.75) is 38.3 Å². The normalized spacial score (nSPS) is 15.5. The van der Waals surface area contributed by atoms with E-state index in [0.29, 0.717) is 50.4 Å². The molecule has 1 saturated heterocycles. The highest BCUT2D eigenvalue weighted by molar-refractivity contribution is 5.93. The van der Waals surface area contributed by atoms with E-state index in [2.05, 4.69) is 19.9 Å². The van der Waals surface area contributed by atoms with Gasteiger partial charge < -0.3 is 14.9 Å². The van der Waals surface area contributed by atoms with E-state index in [9.17, 15) is 23.1 Å². The summed E-state index contributed by atoms with van der Waals surface area (Å²) in [5, 5.41) is 10.1. The first-order valence-corrected chi connectivity index (χ1v) is 11.7. The third kappa shape index (κ3) is 4.95. The highest BCUT2D eigenvalue weighted by Crippen LogP contribution is 2.41. The van der Waals surface area contributed by atoms with Crippen molar-refractivity contribution in [3.63, 3.8) is 0 Å². The fraction of sp³-hybridized carbons (Fsp3) is 0.400. The molecule has 4 rings (SSSR count). The minimum Gasteiger partial charge on any atom is -0.508 e. The van der Waals surface area contributed by atoms with Crippen LogP contribution in [0.5, 0.6) is 5.75 Å². The molecule has 0 bridgehead atoms. The van der Waals surface area contributed by atoms with Gasteiger partial charge in [-0.15, -0.1) is 0 Å². The number of amides is 1. The summed E-state index contributed by atoms with van der Waals surface area (Å²) >= 11 is 0. The van der Waals surface area contributed by atoms with Crippen LogP contribution in [0.4, 0.5) is 19.1 Å². The van der Waals surface area contributed by atoms with Crippen molar-refractivity contribution < 1.29 is 23.1 Å². The molecule has 1 amide bonds. The van der Waals surface area contributed by atoms with Crippen molar-refractivity contribution in [1.29, 1.82) is 0 Å². The van der Waals surface area contributed by atoms with E-state index in [0.717, 1.165) is 17.8 Å². The number of carbonyl (C=O) groups is 1. The SMILES string of the molecule is CCN(CC)C(=O)c1cnc(C2(c3cccc(O)c3)CCN(c3nccc(C(F)(F)F)n3)CC2)nc1. The number of nitrogens with zero attached hydrogens (tertiary/aromatic N) is 6. The molecule has 36 heavy (non-hydrogen) atoms. The van der Waals surface area contributed by atoms with Crippen molar-refractivity contribution in [3.05, 3.63) is 71.6 Å². The van der Waals surface area contributed by atoms with Gasteiger partial charge in [0.2, 0.25) is 5.95 Å². The zero-order valence-corrected chi connectivity index (χ0v) is 20.0. The number of rotatable bonds is 6. The van der Waals surface area contributed by atoms with E-state index in [1.807, 2.05) is 19.9 Å². The third-order valence-electron chi connectivity index (χ3n) is 6.61. The summed E-state index contributed by atoms with van der Waals surface area (Å²) in [6.45, 7) is 5.63. The topological polar surface area (TPSA) is 95.3 Å². The molecule has 3 heterocycles. The van der Waals surface area contributed by atoms with E-state index in [-0.39, 0.29) is 17.6 Å². The minimum atomic E-state index is -4.56. The predicted molar refractivity (Wildman–Crippen MR) is 127 cm³/mol. The van der Waals surface area contributed by atoms with Crippen LogP contribution in [-0.4, -0.2) is 62.0 Å². The number of anilines is 1. The summed E-state index contributed by atoms with van der Waals surface area (Å²) in [6.07, 6.45) is 0.457. The van der Waals surface area contributed by atoms with Crippen molar-refractivity contribution in [1.82, 2.24) is 24.8 Å². The average Bonchev–Trinajstić information content (AvgIpc) is 2.89. The highest BCUT2D eigenvalue weighted by Gasteiger charge is 2.42. The number of phenolic OH excluding ortho intramolecular Hbond substituents is 1. The zero-order chi connectivity index (χ0) is 25.9. The summed E-state index contributed by atoms with van der Waals surface area (Å²) < 4.78 is 39.4. The Labute approximate surface area is 206 Å². The molecule has 1 fully saturated rings. The van der Waals surface area contributed by atoms with Crippen LogP contribution in [0.1, 0.15) is 54.1 Å². The monoisotopic (exact) mass is 500 g/mol. The molecule has 0 spiro atoms. The maximum atomic E-state index is 13.1. The number of benzene rings is 1. The number of phenols is 1.